The number of hydrogen-bond acceptors (Lipinski definition) is 3. The molecule has 1 aromatic carbocycles. The quantitative estimate of drug-likeness (QED) is 0.939. The van der Waals surface area contributed by atoms with E-state index in [1.54, 1.807) is 6.20 Å². The van der Waals surface area contributed by atoms with Crippen LogP contribution in [0.4, 0.5) is 0 Å². The van der Waals surface area contributed by atoms with E-state index in [2.05, 4.69) is 20.9 Å². The molecule has 0 aliphatic rings. The van der Waals surface area contributed by atoms with E-state index < -0.39 is 0 Å². The molecule has 16 heavy (non-hydrogen) atoms. The second-order valence-electron chi connectivity index (χ2n) is 3.23. The van der Waals surface area contributed by atoms with Crippen LogP contribution in [0.1, 0.15) is 5.56 Å². The van der Waals surface area contributed by atoms with E-state index in [4.69, 9.17) is 10.5 Å². The van der Waals surface area contributed by atoms with E-state index in [1.807, 2.05) is 36.4 Å². The van der Waals surface area contributed by atoms with Gasteiger partial charge in [0.15, 0.2) is 0 Å². The van der Waals surface area contributed by atoms with Crippen molar-refractivity contribution >= 4 is 15.9 Å². The number of pyridine rings is 1. The highest BCUT2D eigenvalue weighted by Gasteiger charge is 2.03. The molecule has 3 nitrogen and oxygen atoms in total. The first-order valence-corrected chi connectivity index (χ1v) is 5.66. The van der Waals surface area contributed by atoms with Gasteiger partial charge in [-0.25, -0.2) is 4.98 Å². The Hall–Kier alpha value is -1.39. The van der Waals surface area contributed by atoms with E-state index in [0.29, 0.717) is 12.4 Å². The summed E-state index contributed by atoms with van der Waals surface area (Å²) in [5.74, 6) is 1.31. The molecule has 0 saturated carbocycles. The summed E-state index contributed by atoms with van der Waals surface area (Å²) in [6.45, 7) is 0.416. The van der Waals surface area contributed by atoms with E-state index in [1.165, 1.54) is 0 Å². The fourth-order valence-electron chi connectivity index (χ4n) is 1.29. The third-order valence-corrected chi connectivity index (χ3v) is 2.63. The molecule has 0 unspecified atom stereocenters. The molecule has 0 amide bonds. The standard InChI is InChI=1S/C12H11BrN2O/c13-10-3-5-11(6-4-10)16-12-9(8-14)2-1-7-15-12/h1-7H,8,14H2. The van der Waals surface area contributed by atoms with Gasteiger partial charge in [0.2, 0.25) is 5.88 Å². The second kappa shape index (κ2) is 5.09. The summed E-state index contributed by atoms with van der Waals surface area (Å²) >= 11 is 3.37. The van der Waals surface area contributed by atoms with E-state index >= 15 is 0 Å². The van der Waals surface area contributed by atoms with Crippen LogP contribution in [0.15, 0.2) is 47.1 Å². The molecule has 0 bridgehead atoms. The Morgan fingerprint density at radius 1 is 1.19 bits per heavy atom. The number of halogens is 1. The number of benzene rings is 1. The minimum Gasteiger partial charge on any atom is -0.439 e. The summed E-state index contributed by atoms with van der Waals surface area (Å²) < 4.78 is 6.66. The van der Waals surface area contributed by atoms with Crippen LogP contribution in [0.3, 0.4) is 0 Å². The van der Waals surface area contributed by atoms with E-state index in [9.17, 15) is 0 Å². The minimum atomic E-state index is 0.416. The van der Waals surface area contributed by atoms with Gasteiger partial charge in [-0.3, -0.25) is 0 Å². The van der Waals surface area contributed by atoms with Gasteiger partial charge in [-0.15, -0.1) is 0 Å². The molecular weight excluding hydrogens is 268 g/mol. The predicted octanol–water partition coefficient (Wildman–Crippen LogP) is 3.10. The van der Waals surface area contributed by atoms with Gasteiger partial charge in [-0.2, -0.15) is 0 Å². The van der Waals surface area contributed by atoms with Gasteiger partial charge in [-0.1, -0.05) is 22.0 Å². The fraction of sp³-hybridized carbons (Fsp3) is 0.0833. The van der Waals surface area contributed by atoms with Gasteiger partial charge in [0.25, 0.3) is 0 Å². The smallest absolute Gasteiger partial charge is 0.223 e. The molecular formula is C12H11BrN2O. The van der Waals surface area contributed by atoms with Crippen molar-refractivity contribution in [2.24, 2.45) is 5.73 Å². The third kappa shape index (κ3) is 2.59. The van der Waals surface area contributed by atoms with Crippen LogP contribution in [-0.4, -0.2) is 4.98 Å². The van der Waals surface area contributed by atoms with Crippen LogP contribution in [0, 0.1) is 0 Å². The monoisotopic (exact) mass is 278 g/mol. The highest BCUT2D eigenvalue weighted by Crippen LogP contribution is 2.23. The van der Waals surface area contributed by atoms with Gasteiger partial charge < -0.3 is 10.5 Å². The maximum Gasteiger partial charge on any atom is 0.223 e. The van der Waals surface area contributed by atoms with Crippen molar-refractivity contribution in [1.29, 1.82) is 0 Å². The van der Waals surface area contributed by atoms with Gasteiger partial charge in [0.05, 0.1) is 0 Å². The first kappa shape index (κ1) is 11.1. The predicted molar refractivity (Wildman–Crippen MR) is 66.3 cm³/mol. The van der Waals surface area contributed by atoms with Crippen molar-refractivity contribution in [1.82, 2.24) is 4.98 Å². The Kier molecular flexibility index (Phi) is 3.54. The molecule has 0 aliphatic heterocycles. The van der Waals surface area contributed by atoms with Crippen molar-refractivity contribution in [2.45, 2.75) is 6.54 Å². The normalized spacial score (nSPS) is 10.1. The number of nitrogens with zero attached hydrogens (tertiary/aromatic N) is 1. The first-order chi connectivity index (χ1) is 7.79. The number of aromatic nitrogens is 1. The van der Waals surface area contributed by atoms with Crippen LogP contribution >= 0.6 is 15.9 Å². The van der Waals surface area contributed by atoms with Crippen molar-refractivity contribution in [2.75, 3.05) is 0 Å². The van der Waals surface area contributed by atoms with Crippen LogP contribution in [0.25, 0.3) is 0 Å². The number of hydrogen-bond donors (Lipinski definition) is 1. The largest absolute Gasteiger partial charge is 0.439 e. The lowest BCUT2D eigenvalue weighted by Gasteiger charge is -2.08. The highest BCUT2D eigenvalue weighted by molar-refractivity contribution is 9.10. The molecule has 1 heterocycles. The van der Waals surface area contributed by atoms with Gasteiger partial charge in [0, 0.05) is 22.8 Å². The summed E-state index contributed by atoms with van der Waals surface area (Å²) in [5.41, 5.74) is 6.49. The van der Waals surface area contributed by atoms with Crippen molar-refractivity contribution in [3.8, 4) is 11.6 Å². The Morgan fingerprint density at radius 3 is 2.62 bits per heavy atom. The summed E-state index contributed by atoms with van der Waals surface area (Å²) in [4.78, 5) is 4.15. The van der Waals surface area contributed by atoms with Gasteiger partial charge in [-0.05, 0) is 30.3 Å². The maximum absolute atomic E-state index is 5.64. The summed E-state index contributed by atoms with van der Waals surface area (Å²) in [6, 6.07) is 11.3. The number of nitrogens with two attached hydrogens (primary N) is 1. The first-order valence-electron chi connectivity index (χ1n) is 4.87. The van der Waals surface area contributed by atoms with Crippen LogP contribution < -0.4 is 10.5 Å². The lowest BCUT2D eigenvalue weighted by atomic mass is 10.3. The van der Waals surface area contributed by atoms with Crippen molar-refractivity contribution in [3.05, 3.63) is 52.6 Å². The molecule has 0 atom stereocenters. The van der Waals surface area contributed by atoms with E-state index in [0.717, 1.165) is 15.8 Å². The SMILES string of the molecule is NCc1cccnc1Oc1ccc(Br)cc1. The zero-order valence-electron chi connectivity index (χ0n) is 8.56. The van der Waals surface area contributed by atoms with Crippen LogP contribution in [-0.2, 0) is 6.54 Å². The maximum atomic E-state index is 5.64. The lowest BCUT2D eigenvalue weighted by Crippen LogP contribution is -2.00. The van der Waals surface area contributed by atoms with Crippen molar-refractivity contribution < 1.29 is 4.74 Å². The lowest BCUT2D eigenvalue weighted by molar-refractivity contribution is 0.456. The molecule has 2 rings (SSSR count). The Bertz CT molecular complexity index is 471. The number of ether oxygens (including phenoxy) is 1. The van der Waals surface area contributed by atoms with Crippen LogP contribution in [0.2, 0.25) is 0 Å². The van der Waals surface area contributed by atoms with Crippen molar-refractivity contribution in [3.63, 3.8) is 0 Å². The van der Waals surface area contributed by atoms with E-state index in [-0.39, 0.29) is 0 Å². The topological polar surface area (TPSA) is 48.1 Å². The molecule has 2 N–H and O–H groups in total. The molecule has 2 aromatic rings. The fourth-order valence-corrected chi connectivity index (χ4v) is 1.55. The highest BCUT2D eigenvalue weighted by atomic mass is 79.9. The van der Waals surface area contributed by atoms with Gasteiger partial charge >= 0.3 is 0 Å². The molecule has 4 heteroatoms. The number of rotatable bonds is 3. The zero-order chi connectivity index (χ0) is 11.4. The van der Waals surface area contributed by atoms with Gasteiger partial charge in [0.1, 0.15) is 5.75 Å². The molecule has 0 saturated heterocycles. The molecule has 0 spiro atoms. The average molecular weight is 279 g/mol. The Balaban J connectivity index is 2.23. The second-order valence-corrected chi connectivity index (χ2v) is 4.14. The van der Waals surface area contributed by atoms with Crippen LogP contribution in [0.5, 0.6) is 11.6 Å². The molecule has 82 valence electrons. The summed E-state index contributed by atoms with van der Waals surface area (Å²) in [7, 11) is 0. The molecule has 1 aromatic heterocycles. The molecule has 0 radical (unpaired) electrons. The Morgan fingerprint density at radius 2 is 1.94 bits per heavy atom. The summed E-state index contributed by atoms with van der Waals surface area (Å²) in [6.07, 6.45) is 1.69. The summed E-state index contributed by atoms with van der Waals surface area (Å²) in [5, 5.41) is 0. The molecule has 0 fully saturated rings. The average Bonchev–Trinajstić information content (AvgIpc) is 2.33. The third-order valence-electron chi connectivity index (χ3n) is 2.10. The Labute approximate surface area is 102 Å². The minimum absolute atomic E-state index is 0.416. The zero-order valence-corrected chi connectivity index (χ0v) is 10.1. The molecule has 0 aliphatic carbocycles.